The van der Waals surface area contributed by atoms with Crippen LogP contribution in [0.4, 0.5) is 0 Å². The first-order valence-corrected chi connectivity index (χ1v) is 4.97. The molecule has 1 saturated heterocycles. The van der Waals surface area contributed by atoms with Crippen LogP contribution in [0.2, 0.25) is 0 Å². The van der Waals surface area contributed by atoms with Crippen LogP contribution in [-0.4, -0.2) is 31.8 Å². The Bertz CT molecular complexity index is 276. The number of rotatable bonds is 2. The summed E-state index contributed by atoms with van der Waals surface area (Å²) in [6, 6.07) is 10.9. The van der Waals surface area contributed by atoms with Crippen molar-refractivity contribution in [2.75, 3.05) is 26.7 Å². The van der Waals surface area contributed by atoms with Gasteiger partial charge in [-0.15, -0.1) is 0 Å². The molecule has 0 saturated carbocycles. The summed E-state index contributed by atoms with van der Waals surface area (Å²) in [5.41, 5.74) is 1.33. The molecule has 1 heterocycles. The molecule has 0 aromatic heterocycles. The van der Waals surface area contributed by atoms with Crippen molar-refractivity contribution in [3.63, 3.8) is 0 Å². The molecule has 1 aliphatic heterocycles. The second kappa shape index (κ2) is 4.55. The summed E-state index contributed by atoms with van der Waals surface area (Å²) < 4.78 is 0. The maximum absolute atomic E-state index is 5.24. The number of nitrogens with one attached hydrogen (secondary N) is 1. The average molecular weight is 192 g/mol. The predicted molar refractivity (Wildman–Crippen MR) is 55.8 cm³/mol. The van der Waals surface area contributed by atoms with E-state index in [9.17, 15) is 0 Å². The van der Waals surface area contributed by atoms with E-state index in [4.69, 9.17) is 4.84 Å². The minimum absolute atomic E-state index is 0.393. The lowest BCUT2D eigenvalue weighted by molar-refractivity contribution is -0.145. The third kappa shape index (κ3) is 2.12. The summed E-state index contributed by atoms with van der Waals surface area (Å²) in [5, 5.41) is 5.47. The zero-order chi connectivity index (χ0) is 9.80. The van der Waals surface area contributed by atoms with Gasteiger partial charge in [-0.25, -0.2) is 0 Å². The molecule has 3 nitrogen and oxygen atoms in total. The summed E-state index contributed by atoms with van der Waals surface area (Å²) in [6.07, 6.45) is 0. The van der Waals surface area contributed by atoms with E-state index in [1.54, 1.807) is 7.11 Å². The molecule has 1 aliphatic rings. The SMILES string of the molecule is CON1CCNC(c2ccccc2)C1. The third-order valence-electron chi connectivity index (χ3n) is 2.60. The van der Waals surface area contributed by atoms with Crippen LogP contribution in [0.25, 0.3) is 0 Å². The fourth-order valence-corrected chi connectivity index (χ4v) is 1.80. The molecule has 1 fully saturated rings. The Hall–Kier alpha value is -0.900. The van der Waals surface area contributed by atoms with E-state index in [1.807, 2.05) is 11.1 Å². The van der Waals surface area contributed by atoms with Gasteiger partial charge in [-0.2, -0.15) is 5.06 Å². The fourth-order valence-electron chi connectivity index (χ4n) is 1.80. The molecular formula is C11H16N2O. The zero-order valence-corrected chi connectivity index (χ0v) is 8.44. The van der Waals surface area contributed by atoms with Gasteiger partial charge in [0.15, 0.2) is 0 Å². The molecule has 2 rings (SSSR count). The summed E-state index contributed by atoms with van der Waals surface area (Å²) >= 11 is 0. The maximum Gasteiger partial charge on any atom is 0.0575 e. The monoisotopic (exact) mass is 192 g/mol. The molecule has 3 heteroatoms. The third-order valence-corrected chi connectivity index (χ3v) is 2.60. The number of piperazine rings is 1. The molecule has 0 amide bonds. The Labute approximate surface area is 84.6 Å². The highest BCUT2D eigenvalue weighted by Gasteiger charge is 2.19. The molecule has 0 bridgehead atoms. The van der Waals surface area contributed by atoms with Crippen LogP contribution < -0.4 is 5.32 Å². The maximum atomic E-state index is 5.24. The van der Waals surface area contributed by atoms with Crippen molar-refractivity contribution < 1.29 is 4.84 Å². The minimum Gasteiger partial charge on any atom is -0.307 e. The Balaban J connectivity index is 2.04. The van der Waals surface area contributed by atoms with Gasteiger partial charge in [0.25, 0.3) is 0 Å². The van der Waals surface area contributed by atoms with Gasteiger partial charge in [0.1, 0.15) is 0 Å². The van der Waals surface area contributed by atoms with Gasteiger partial charge < -0.3 is 10.2 Å². The second-order valence-electron chi connectivity index (χ2n) is 3.49. The lowest BCUT2D eigenvalue weighted by Crippen LogP contribution is -2.45. The van der Waals surface area contributed by atoms with E-state index in [-0.39, 0.29) is 0 Å². The van der Waals surface area contributed by atoms with Crippen LogP contribution in [0.1, 0.15) is 11.6 Å². The van der Waals surface area contributed by atoms with E-state index in [0.29, 0.717) is 6.04 Å². The standard InChI is InChI=1S/C11H16N2O/c1-14-13-8-7-12-11(9-13)10-5-3-2-4-6-10/h2-6,11-12H,7-9H2,1H3. The first kappa shape index (κ1) is 9.65. The number of hydrogen-bond donors (Lipinski definition) is 1. The largest absolute Gasteiger partial charge is 0.307 e. The molecule has 1 atom stereocenters. The molecule has 0 radical (unpaired) electrons. The van der Waals surface area contributed by atoms with Gasteiger partial charge in [0.2, 0.25) is 0 Å². The Morgan fingerprint density at radius 3 is 2.86 bits per heavy atom. The summed E-state index contributed by atoms with van der Waals surface area (Å²) in [6.45, 7) is 2.85. The van der Waals surface area contributed by atoms with Crippen molar-refractivity contribution >= 4 is 0 Å². The lowest BCUT2D eigenvalue weighted by Gasteiger charge is -2.32. The normalized spacial score (nSPS) is 23.6. The molecule has 14 heavy (non-hydrogen) atoms. The molecule has 0 spiro atoms. The minimum atomic E-state index is 0.393. The predicted octanol–water partition coefficient (Wildman–Crippen LogP) is 1.19. The second-order valence-corrected chi connectivity index (χ2v) is 3.49. The molecule has 76 valence electrons. The first-order chi connectivity index (χ1) is 6.90. The lowest BCUT2D eigenvalue weighted by atomic mass is 10.1. The van der Waals surface area contributed by atoms with Gasteiger partial charge in [-0.3, -0.25) is 0 Å². The Morgan fingerprint density at radius 1 is 1.36 bits per heavy atom. The summed E-state index contributed by atoms with van der Waals surface area (Å²) in [7, 11) is 1.73. The highest BCUT2D eigenvalue weighted by molar-refractivity contribution is 5.19. The van der Waals surface area contributed by atoms with E-state index in [0.717, 1.165) is 19.6 Å². The van der Waals surface area contributed by atoms with Gasteiger partial charge in [-0.1, -0.05) is 30.3 Å². The van der Waals surface area contributed by atoms with E-state index >= 15 is 0 Å². The van der Waals surface area contributed by atoms with Crippen molar-refractivity contribution in [1.29, 1.82) is 0 Å². The van der Waals surface area contributed by atoms with Crippen molar-refractivity contribution in [2.45, 2.75) is 6.04 Å². The Kier molecular flexibility index (Phi) is 3.14. The number of nitrogens with zero attached hydrogens (tertiary/aromatic N) is 1. The van der Waals surface area contributed by atoms with Crippen LogP contribution in [0.3, 0.4) is 0 Å². The van der Waals surface area contributed by atoms with Crippen LogP contribution in [-0.2, 0) is 4.84 Å². The highest BCUT2D eigenvalue weighted by Crippen LogP contribution is 2.16. The van der Waals surface area contributed by atoms with Crippen LogP contribution >= 0.6 is 0 Å². The zero-order valence-electron chi connectivity index (χ0n) is 8.44. The fraction of sp³-hybridized carbons (Fsp3) is 0.455. The smallest absolute Gasteiger partial charge is 0.0575 e. The summed E-state index contributed by atoms with van der Waals surface area (Å²) in [4.78, 5) is 5.24. The van der Waals surface area contributed by atoms with E-state index < -0.39 is 0 Å². The molecule has 1 N–H and O–H groups in total. The van der Waals surface area contributed by atoms with Crippen molar-refractivity contribution in [2.24, 2.45) is 0 Å². The quantitative estimate of drug-likeness (QED) is 0.762. The van der Waals surface area contributed by atoms with E-state index in [2.05, 4.69) is 29.6 Å². The van der Waals surface area contributed by atoms with Gasteiger partial charge in [0, 0.05) is 25.7 Å². The molecule has 1 unspecified atom stereocenters. The van der Waals surface area contributed by atoms with Crippen molar-refractivity contribution in [3.05, 3.63) is 35.9 Å². The van der Waals surface area contributed by atoms with Crippen molar-refractivity contribution in [3.8, 4) is 0 Å². The van der Waals surface area contributed by atoms with Crippen molar-refractivity contribution in [1.82, 2.24) is 10.4 Å². The van der Waals surface area contributed by atoms with Crippen LogP contribution in [0, 0.1) is 0 Å². The van der Waals surface area contributed by atoms with Crippen LogP contribution in [0.5, 0.6) is 0 Å². The van der Waals surface area contributed by atoms with Gasteiger partial charge >= 0.3 is 0 Å². The van der Waals surface area contributed by atoms with E-state index in [1.165, 1.54) is 5.56 Å². The van der Waals surface area contributed by atoms with Gasteiger partial charge in [-0.05, 0) is 5.56 Å². The number of hydrogen-bond acceptors (Lipinski definition) is 3. The number of benzene rings is 1. The summed E-state index contributed by atoms with van der Waals surface area (Å²) in [5.74, 6) is 0. The van der Waals surface area contributed by atoms with Gasteiger partial charge in [0.05, 0.1) is 7.11 Å². The number of hydroxylamine groups is 2. The molecular weight excluding hydrogens is 176 g/mol. The topological polar surface area (TPSA) is 24.5 Å². The molecule has 0 aliphatic carbocycles. The first-order valence-electron chi connectivity index (χ1n) is 4.97. The highest BCUT2D eigenvalue weighted by atomic mass is 16.7. The van der Waals surface area contributed by atoms with Crippen LogP contribution in [0.15, 0.2) is 30.3 Å². The molecule has 1 aromatic carbocycles. The average Bonchev–Trinajstić information content (AvgIpc) is 2.30. The Morgan fingerprint density at radius 2 is 2.14 bits per heavy atom. The molecule has 1 aromatic rings.